The van der Waals surface area contributed by atoms with Gasteiger partial charge in [-0.05, 0) is 29.3 Å². The molecule has 2 rings (SSSR count). The third kappa shape index (κ3) is 3.63. The normalized spacial score (nSPS) is 10.5. The van der Waals surface area contributed by atoms with E-state index in [0.717, 1.165) is 11.1 Å². The molecule has 2 aromatic carbocycles. The molecule has 1 N–H and O–H groups in total. The SMILES string of the molecule is C=Cc1ccccc1COc1ccc(OC)cc1/C=N/O. The van der Waals surface area contributed by atoms with Gasteiger partial charge in [0.25, 0.3) is 0 Å². The number of hydrogen-bond acceptors (Lipinski definition) is 4. The van der Waals surface area contributed by atoms with Crippen LogP contribution in [0.25, 0.3) is 6.08 Å². The molecule has 2 aromatic rings. The highest BCUT2D eigenvalue weighted by Gasteiger charge is 2.06. The van der Waals surface area contributed by atoms with Gasteiger partial charge in [0.05, 0.1) is 13.3 Å². The van der Waals surface area contributed by atoms with Crippen molar-refractivity contribution in [3.8, 4) is 11.5 Å². The minimum absolute atomic E-state index is 0.404. The lowest BCUT2D eigenvalue weighted by Crippen LogP contribution is -2.00. The Bertz CT molecular complexity index is 650. The van der Waals surface area contributed by atoms with Crippen molar-refractivity contribution >= 4 is 12.3 Å². The third-order valence-electron chi connectivity index (χ3n) is 3.07. The van der Waals surface area contributed by atoms with Gasteiger partial charge in [0.15, 0.2) is 0 Å². The van der Waals surface area contributed by atoms with Crippen LogP contribution in [-0.2, 0) is 6.61 Å². The second kappa shape index (κ2) is 7.14. The Morgan fingerprint density at radius 1 is 1.19 bits per heavy atom. The van der Waals surface area contributed by atoms with Gasteiger partial charge >= 0.3 is 0 Å². The van der Waals surface area contributed by atoms with E-state index >= 15 is 0 Å². The van der Waals surface area contributed by atoms with Gasteiger partial charge in [-0.15, -0.1) is 0 Å². The molecule has 0 unspecified atom stereocenters. The quantitative estimate of drug-likeness (QED) is 0.499. The van der Waals surface area contributed by atoms with Crippen molar-refractivity contribution in [3.05, 3.63) is 65.7 Å². The lowest BCUT2D eigenvalue weighted by Gasteiger charge is -2.12. The van der Waals surface area contributed by atoms with Crippen molar-refractivity contribution in [2.45, 2.75) is 6.61 Å². The van der Waals surface area contributed by atoms with Crippen molar-refractivity contribution in [1.82, 2.24) is 0 Å². The molecule has 0 saturated heterocycles. The Morgan fingerprint density at radius 3 is 2.71 bits per heavy atom. The molecule has 0 aliphatic carbocycles. The van der Waals surface area contributed by atoms with E-state index < -0.39 is 0 Å². The van der Waals surface area contributed by atoms with Gasteiger partial charge in [-0.2, -0.15) is 0 Å². The Labute approximate surface area is 123 Å². The van der Waals surface area contributed by atoms with Crippen LogP contribution in [0.1, 0.15) is 16.7 Å². The maximum atomic E-state index is 8.73. The summed E-state index contributed by atoms with van der Waals surface area (Å²) in [6.07, 6.45) is 3.11. The van der Waals surface area contributed by atoms with E-state index in [-0.39, 0.29) is 0 Å². The number of benzene rings is 2. The second-order valence-corrected chi connectivity index (χ2v) is 4.34. The topological polar surface area (TPSA) is 51.0 Å². The molecule has 0 aromatic heterocycles. The van der Waals surface area contributed by atoms with Crippen LogP contribution >= 0.6 is 0 Å². The van der Waals surface area contributed by atoms with E-state index in [4.69, 9.17) is 14.7 Å². The summed E-state index contributed by atoms with van der Waals surface area (Å²) >= 11 is 0. The molecule has 0 heterocycles. The summed E-state index contributed by atoms with van der Waals surface area (Å²) in [5.74, 6) is 1.29. The first-order chi connectivity index (χ1) is 10.3. The molecule has 4 nitrogen and oxygen atoms in total. The number of ether oxygens (including phenoxy) is 2. The van der Waals surface area contributed by atoms with Crippen LogP contribution in [0.4, 0.5) is 0 Å². The molecular formula is C17H17NO3. The van der Waals surface area contributed by atoms with Crippen molar-refractivity contribution in [2.24, 2.45) is 5.16 Å². The molecule has 0 atom stereocenters. The van der Waals surface area contributed by atoms with Crippen LogP contribution in [0.3, 0.4) is 0 Å². The summed E-state index contributed by atoms with van der Waals surface area (Å²) < 4.78 is 11.0. The fourth-order valence-corrected chi connectivity index (χ4v) is 1.97. The van der Waals surface area contributed by atoms with Gasteiger partial charge in [-0.3, -0.25) is 0 Å². The summed E-state index contributed by atoms with van der Waals surface area (Å²) in [4.78, 5) is 0. The highest BCUT2D eigenvalue weighted by molar-refractivity contribution is 5.83. The zero-order chi connectivity index (χ0) is 15.1. The largest absolute Gasteiger partial charge is 0.497 e. The fourth-order valence-electron chi connectivity index (χ4n) is 1.97. The molecule has 0 aliphatic heterocycles. The summed E-state index contributed by atoms with van der Waals surface area (Å²) in [6, 6.07) is 13.2. The molecule has 4 heteroatoms. The number of methoxy groups -OCH3 is 1. The summed E-state index contributed by atoms with van der Waals surface area (Å²) in [7, 11) is 1.58. The van der Waals surface area contributed by atoms with Crippen LogP contribution in [-0.4, -0.2) is 18.5 Å². The Morgan fingerprint density at radius 2 is 2.00 bits per heavy atom. The molecule has 21 heavy (non-hydrogen) atoms. The predicted molar refractivity (Wildman–Crippen MR) is 83.2 cm³/mol. The summed E-state index contributed by atoms with van der Waals surface area (Å²) in [5, 5.41) is 11.8. The van der Waals surface area contributed by atoms with Crippen LogP contribution < -0.4 is 9.47 Å². The smallest absolute Gasteiger partial charge is 0.128 e. The number of hydrogen-bond donors (Lipinski definition) is 1. The fraction of sp³-hybridized carbons (Fsp3) is 0.118. The second-order valence-electron chi connectivity index (χ2n) is 4.34. The zero-order valence-corrected chi connectivity index (χ0v) is 11.8. The van der Waals surface area contributed by atoms with Gasteiger partial charge in [0.1, 0.15) is 18.1 Å². The van der Waals surface area contributed by atoms with Crippen molar-refractivity contribution in [2.75, 3.05) is 7.11 Å². The monoisotopic (exact) mass is 283 g/mol. The molecule has 0 bridgehead atoms. The lowest BCUT2D eigenvalue weighted by atomic mass is 10.1. The summed E-state index contributed by atoms with van der Waals surface area (Å²) in [6.45, 7) is 4.19. The first kappa shape index (κ1) is 14.7. The number of nitrogens with zero attached hydrogens (tertiary/aromatic N) is 1. The maximum Gasteiger partial charge on any atom is 0.128 e. The summed E-state index contributed by atoms with van der Waals surface area (Å²) in [5.41, 5.74) is 2.71. The van der Waals surface area contributed by atoms with E-state index in [1.54, 1.807) is 31.4 Å². The minimum atomic E-state index is 0.404. The van der Waals surface area contributed by atoms with Crippen LogP contribution in [0.5, 0.6) is 11.5 Å². The third-order valence-corrected chi connectivity index (χ3v) is 3.07. The number of rotatable bonds is 6. The van der Waals surface area contributed by atoms with Crippen molar-refractivity contribution in [3.63, 3.8) is 0 Å². The van der Waals surface area contributed by atoms with Crippen molar-refractivity contribution < 1.29 is 14.7 Å². The van der Waals surface area contributed by atoms with E-state index in [1.165, 1.54) is 6.21 Å². The van der Waals surface area contributed by atoms with E-state index in [2.05, 4.69) is 11.7 Å². The first-order valence-corrected chi connectivity index (χ1v) is 6.47. The highest BCUT2D eigenvalue weighted by Crippen LogP contribution is 2.24. The minimum Gasteiger partial charge on any atom is -0.497 e. The predicted octanol–water partition coefficient (Wildman–Crippen LogP) is 3.73. The van der Waals surface area contributed by atoms with Gasteiger partial charge in [-0.25, -0.2) is 0 Å². The van der Waals surface area contributed by atoms with E-state index in [1.807, 2.05) is 24.3 Å². The lowest BCUT2D eigenvalue weighted by molar-refractivity contribution is 0.303. The molecule has 0 fully saturated rings. The zero-order valence-electron chi connectivity index (χ0n) is 11.8. The molecule has 0 aliphatic rings. The average molecular weight is 283 g/mol. The molecule has 0 amide bonds. The van der Waals surface area contributed by atoms with Gasteiger partial charge in [0, 0.05) is 5.56 Å². The van der Waals surface area contributed by atoms with Crippen LogP contribution in [0.2, 0.25) is 0 Å². The van der Waals surface area contributed by atoms with E-state index in [0.29, 0.717) is 23.7 Å². The molecule has 0 spiro atoms. The standard InChI is InChI=1S/C17H17NO3/c1-3-13-6-4-5-7-14(13)12-21-17-9-8-16(20-2)10-15(17)11-18-19/h3-11,19H,1,12H2,2H3/b18-11+. The van der Waals surface area contributed by atoms with Gasteiger partial charge < -0.3 is 14.7 Å². The van der Waals surface area contributed by atoms with Crippen LogP contribution in [0.15, 0.2) is 54.2 Å². The van der Waals surface area contributed by atoms with Gasteiger partial charge in [-0.1, -0.05) is 42.1 Å². The average Bonchev–Trinajstić information content (AvgIpc) is 2.54. The highest BCUT2D eigenvalue weighted by atomic mass is 16.5. The van der Waals surface area contributed by atoms with Gasteiger partial charge in [0.2, 0.25) is 0 Å². The van der Waals surface area contributed by atoms with Crippen molar-refractivity contribution in [1.29, 1.82) is 0 Å². The molecular weight excluding hydrogens is 266 g/mol. The van der Waals surface area contributed by atoms with Crippen LogP contribution in [0, 0.1) is 0 Å². The molecule has 0 saturated carbocycles. The first-order valence-electron chi connectivity index (χ1n) is 6.47. The number of oxime groups is 1. The molecule has 108 valence electrons. The maximum absolute atomic E-state index is 8.73. The Hall–Kier alpha value is -2.75. The molecule has 0 radical (unpaired) electrons. The Balaban J connectivity index is 2.21. The Kier molecular flexibility index (Phi) is 4.99. The van der Waals surface area contributed by atoms with E-state index in [9.17, 15) is 0 Å².